The maximum absolute atomic E-state index is 14.5. The Kier molecular flexibility index (Phi) is 6.72. The Morgan fingerprint density at radius 1 is 1.00 bits per heavy atom. The lowest BCUT2D eigenvalue weighted by molar-refractivity contribution is 0.0321. The number of ether oxygens (including phenoxy) is 3. The summed E-state index contributed by atoms with van der Waals surface area (Å²) >= 11 is 0. The van der Waals surface area contributed by atoms with Crippen LogP contribution in [0.4, 0.5) is 15.9 Å². The molecule has 32 heavy (non-hydrogen) atoms. The molecule has 4 rings (SSSR count). The fourth-order valence-electron chi connectivity index (χ4n) is 3.67. The molecule has 1 aromatic heterocycles. The Morgan fingerprint density at radius 3 is 2.56 bits per heavy atom. The van der Waals surface area contributed by atoms with E-state index in [0.717, 1.165) is 44.0 Å². The maximum atomic E-state index is 14.5. The second-order valence-corrected chi connectivity index (χ2v) is 7.56. The van der Waals surface area contributed by atoms with Crippen LogP contribution in [-0.2, 0) is 4.74 Å². The second-order valence-electron chi connectivity index (χ2n) is 7.56. The lowest BCUT2D eigenvalue weighted by Gasteiger charge is -2.26. The van der Waals surface area contributed by atoms with Gasteiger partial charge in [0, 0.05) is 48.2 Å². The number of nitrogen functional groups attached to an aromatic ring is 2. The van der Waals surface area contributed by atoms with Gasteiger partial charge in [-0.05, 0) is 42.0 Å². The first kappa shape index (κ1) is 21.9. The number of hydrogen-bond acceptors (Lipinski definition) is 7. The van der Waals surface area contributed by atoms with E-state index in [1.54, 1.807) is 25.4 Å². The van der Waals surface area contributed by atoms with Crippen molar-refractivity contribution >= 4 is 11.5 Å². The number of nitrogens with zero attached hydrogens (tertiary/aromatic N) is 2. The normalized spacial score (nSPS) is 14.3. The number of aromatic nitrogens is 1. The zero-order valence-electron chi connectivity index (χ0n) is 18.0. The topological polar surface area (TPSA) is 95.9 Å². The van der Waals surface area contributed by atoms with E-state index in [4.69, 9.17) is 25.7 Å². The highest BCUT2D eigenvalue weighted by Gasteiger charge is 2.14. The van der Waals surface area contributed by atoms with Crippen molar-refractivity contribution in [2.24, 2.45) is 0 Å². The van der Waals surface area contributed by atoms with E-state index in [9.17, 15) is 4.39 Å². The fraction of sp³-hybridized carbons (Fsp3) is 0.292. The van der Waals surface area contributed by atoms with Gasteiger partial charge >= 0.3 is 0 Å². The smallest absolute Gasteiger partial charge is 0.161 e. The van der Waals surface area contributed by atoms with E-state index in [2.05, 4.69) is 9.88 Å². The van der Waals surface area contributed by atoms with Crippen LogP contribution in [0.15, 0.2) is 48.7 Å². The van der Waals surface area contributed by atoms with Crippen molar-refractivity contribution in [1.29, 1.82) is 0 Å². The maximum Gasteiger partial charge on any atom is 0.161 e. The minimum atomic E-state index is -0.447. The number of halogens is 1. The van der Waals surface area contributed by atoms with Gasteiger partial charge < -0.3 is 25.7 Å². The van der Waals surface area contributed by atoms with Gasteiger partial charge in [-0.1, -0.05) is 6.07 Å². The Bertz CT molecular complexity index is 1090. The highest BCUT2D eigenvalue weighted by atomic mass is 19.1. The molecular weight excluding hydrogens is 411 g/mol. The number of rotatable bonds is 7. The highest BCUT2D eigenvalue weighted by molar-refractivity contribution is 5.80. The van der Waals surface area contributed by atoms with Gasteiger partial charge in [-0.15, -0.1) is 0 Å². The molecule has 1 aliphatic heterocycles. The van der Waals surface area contributed by atoms with Crippen LogP contribution in [0.25, 0.3) is 22.3 Å². The average Bonchev–Trinajstić information content (AvgIpc) is 2.81. The molecule has 8 heteroatoms. The minimum Gasteiger partial charge on any atom is -0.493 e. The SMILES string of the molecule is COc1cc(-c2cnc(N)c(-c3ccc(N)cc3F)c2)ccc1OCCN1CCOCC1. The highest BCUT2D eigenvalue weighted by Crippen LogP contribution is 2.36. The van der Waals surface area contributed by atoms with Crippen molar-refractivity contribution in [3.8, 4) is 33.8 Å². The molecule has 1 saturated heterocycles. The van der Waals surface area contributed by atoms with Crippen LogP contribution >= 0.6 is 0 Å². The number of morpholine rings is 1. The summed E-state index contributed by atoms with van der Waals surface area (Å²) in [5.41, 5.74) is 14.5. The number of methoxy groups -OCH3 is 1. The van der Waals surface area contributed by atoms with E-state index in [1.165, 1.54) is 6.07 Å². The summed E-state index contributed by atoms with van der Waals surface area (Å²) in [6.45, 7) is 4.74. The summed E-state index contributed by atoms with van der Waals surface area (Å²) in [5.74, 6) is 1.07. The van der Waals surface area contributed by atoms with Gasteiger partial charge in [0.2, 0.25) is 0 Å². The Morgan fingerprint density at radius 2 is 1.81 bits per heavy atom. The molecule has 2 heterocycles. The van der Waals surface area contributed by atoms with Gasteiger partial charge in [0.05, 0.1) is 20.3 Å². The molecule has 0 aliphatic carbocycles. The zero-order chi connectivity index (χ0) is 22.5. The molecule has 0 spiro atoms. The van der Waals surface area contributed by atoms with Gasteiger partial charge in [0.25, 0.3) is 0 Å². The van der Waals surface area contributed by atoms with E-state index in [0.29, 0.717) is 34.9 Å². The van der Waals surface area contributed by atoms with Crippen molar-refractivity contribution in [3.63, 3.8) is 0 Å². The van der Waals surface area contributed by atoms with Crippen molar-refractivity contribution in [2.75, 3.05) is 58.0 Å². The first-order valence-electron chi connectivity index (χ1n) is 10.5. The first-order valence-corrected chi connectivity index (χ1v) is 10.5. The van der Waals surface area contributed by atoms with Crippen LogP contribution in [0.3, 0.4) is 0 Å². The van der Waals surface area contributed by atoms with Gasteiger partial charge in [-0.2, -0.15) is 0 Å². The number of nitrogens with two attached hydrogens (primary N) is 2. The number of hydrogen-bond donors (Lipinski definition) is 2. The van der Waals surface area contributed by atoms with Crippen LogP contribution in [0.1, 0.15) is 0 Å². The van der Waals surface area contributed by atoms with Gasteiger partial charge in [0.1, 0.15) is 18.2 Å². The molecule has 0 radical (unpaired) electrons. The Hall–Kier alpha value is -3.36. The van der Waals surface area contributed by atoms with Gasteiger partial charge in [0.15, 0.2) is 11.5 Å². The summed E-state index contributed by atoms with van der Waals surface area (Å²) in [6.07, 6.45) is 1.65. The second kappa shape index (κ2) is 9.84. The first-order chi connectivity index (χ1) is 15.5. The third kappa shape index (κ3) is 4.92. The number of anilines is 2. The molecular formula is C24H27FN4O3. The predicted octanol–water partition coefficient (Wildman–Crippen LogP) is 3.44. The van der Waals surface area contributed by atoms with E-state index >= 15 is 0 Å². The third-order valence-electron chi connectivity index (χ3n) is 5.47. The van der Waals surface area contributed by atoms with Gasteiger partial charge in [-0.3, -0.25) is 4.90 Å². The predicted molar refractivity (Wildman–Crippen MR) is 123 cm³/mol. The average molecular weight is 439 g/mol. The summed E-state index contributed by atoms with van der Waals surface area (Å²) < 4.78 is 31.3. The van der Waals surface area contributed by atoms with Crippen LogP contribution in [0, 0.1) is 5.82 Å². The molecule has 3 aromatic rings. The van der Waals surface area contributed by atoms with Crippen LogP contribution < -0.4 is 20.9 Å². The van der Waals surface area contributed by atoms with Crippen molar-refractivity contribution in [1.82, 2.24) is 9.88 Å². The molecule has 0 atom stereocenters. The monoisotopic (exact) mass is 438 g/mol. The van der Waals surface area contributed by atoms with Crippen molar-refractivity contribution in [3.05, 3.63) is 54.5 Å². The van der Waals surface area contributed by atoms with E-state index < -0.39 is 5.82 Å². The largest absolute Gasteiger partial charge is 0.493 e. The fourth-order valence-corrected chi connectivity index (χ4v) is 3.67. The van der Waals surface area contributed by atoms with Gasteiger partial charge in [-0.25, -0.2) is 9.37 Å². The summed E-state index contributed by atoms with van der Waals surface area (Å²) in [6, 6.07) is 12.0. The molecule has 0 unspecified atom stereocenters. The van der Waals surface area contributed by atoms with Crippen LogP contribution in [-0.4, -0.2) is 56.4 Å². The molecule has 0 saturated carbocycles. The molecule has 7 nitrogen and oxygen atoms in total. The third-order valence-corrected chi connectivity index (χ3v) is 5.47. The summed E-state index contributed by atoms with van der Waals surface area (Å²) in [5, 5.41) is 0. The standard InChI is InChI=1S/C24H27FN4O3/c1-30-23-13-16(2-5-22(23)32-11-8-29-6-9-31-10-7-29)17-12-20(24(27)28-15-17)19-4-3-18(26)14-21(19)25/h2-5,12-15H,6-11,26H2,1H3,(H2,27,28). The Balaban J connectivity index is 1.54. The van der Waals surface area contributed by atoms with E-state index in [1.807, 2.05) is 24.3 Å². The molecule has 0 bridgehead atoms. The molecule has 4 N–H and O–H groups in total. The molecule has 168 valence electrons. The molecule has 0 amide bonds. The number of pyridine rings is 1. The molecule has 1 aliphatic rings. The lowest BCUT2D eigenvalue weighted by atomic mass is 10.00. The number of benzene rings is 2. The Labute approximate surface area is 186 Å². The lowest BCUT2D eigenvalue weighted by Crippen LogP contribution is -2.38. The van der Waals surface area contributed by atoms with Crippen molar-refractivity contribution in [2.45, 2.75) is 0 Å². The molecule has 1 fully saturated rings. The zero-order valence-corrected chi connectivity index (χ0v) is 18.0. The minimum absolute atomic E-state index is 0.243. The van der Waals surface area contributed by atoms with Crippen LogP contribution in [0.2, 0.25) is 0 Å². The van der Waals surface area contributed by atoms with Crippen LogP contribution in [0.5, 0.6) is 11.5 Å². The summed E-state index contributed by atoms with van der Waals surface area (Å²) in [4.78, 5) is 6.57. The quantitative estimate of drug-likeness (QED) is 0.546. The van der Waals surface area contributed by atoms with Crippen molar-refractivity contribution < 1.29 is 18.6 Å². The molecule has 2 aromatic carbocycles. The van der Waals surface area contributed by atoms with E-state index in [-0.39, 0.29) is 5.82 Å². The summed E-state index contributed by atoms with van der Waals surface area (Å²) in [7, 11) is 1.60.